The van der Waals surface area contributed by atoms with Crippen LogP contribution in [0.5, 0.6) is 17.2 Å². The second-order valence-electron chi connectivity index (χ2n) is 5.73. The zero-order chi connectivity index (χ0) is 17.5. The largest absolute Gasteiger partial charge is 0.493 e. The van der Waals surface area contributed by atoms with E-state index in [-0.39, 0.29) is 12.0 Å². The number of nitrogens with zero attached hydrogens (tertiary/aromatic N) is 1. The van der Waals surface area contributed by atoms with Gasteiger partial charge in [-0.05, 0) is 32.4 Å². The number of carbonyl (C=O) groups is 1. The Balaban J connectivity index is 2.26. The standard InChI is InChI=1S/C18H27NO5/c1-5-24-18(20)14-8-6-7-11-19(14)12-13-9-10-15(21-2)17(23-4)16(13)22-3/h9-10,14H,5-8,11-12H2,1-4H3/t14-/m1/s1. The number of likely N-dealkylation sites (tertiary alicyclic amines) is 1. The first-order valence-electron chi connectivity index (χ1n) is 8.34. The fourth-order valence-corrected chi connectivity index (χ4v) is 3.19. The third-order valence-corrected chi connectivity index (χ3v) is 4.33. The average molecular weight is 337 g/mol. The minimum atomic E-state index is -0.198. The third kappa shape index (κ3) is 3.93. The quantitative estimate of drug-likeness (QED) is 0.713. The lowest BCUT2D eigenvalue weighted by molar-refractivity contribution is -0.151. The van der Waals surface area contributed by atoms with Gasteiger partial charge in [-0.25, -0.2) is 0 Å². The molecule has 24 heavy (non-hydrogen) atoms. The van der Waals surface area contributed by atoms with Crippen LogP contribution in [0.15, 0.2) is 12.1 Å². The molecule has 0 aromatic heterocycles. The highest BCUT2D eigenvalue weighted by molar-refractivity contribution is 5.76. The van der Waals surface area contributed by atoms with Crippen molar-refractivity contribution in [2.75, 3.05) is 34.5 Å². The predicted molar refractivity (Wildman–Crippen MR) is 90.8 cm³/mol. The van der Waals surface area contributed by atoms with Crippen molar-refractivity contribution in [2.24, 2.45) is 0 Å². The summed E-state index contributed by atoms with van der Waals surface area (Å²) >= 11 is 0. The van der Waals surface area contributed by atoms with Crippen LogP contribution in [-0.2, 0) is 16.1 Å². The summed E-state index contributed by atoms with van der Waals surface area (Å²) in [7, 11) is 4.80. The van der Waals surface area contributed by atoms with E-state index in [1.807, 2.05) is 19.1 Å². The van der Waals surface area contributed by atoms with E-state index >= 15 is 0 Å². The second kappa shape index (κ2) is 8.78. The van der Waals surface area contributed by atoms with Gasteiger partial charge in [0.1, 0.15) is 6.04 Å². The Morgan fingerprint density at radius 3 is 2.50 bits per heavy atom. The summed E-state index contributed by atoms with van der Waals surface area (Å²) in [6.07, 6.45) is 2.95. The molecule has 0 N–H and O–H groups in total. The Morgan fingerprint density at radius 2 is 1.88 bits per heavy atom. The highest BCUT2D eigenvalue weighted by atomic mass is 16.5. The van der Waals surface area contributed by atoms with Crippen molar-refractivity contribution in [1.29, 1.82) is 0 Å². The number of carbonyl (C=O) groups excluding carboxylic acids is 1. The number of ether oxygens (including phenoxy) is 4. The summed E-state index contributed by atoms with van der Waals surface area (Å²) in [5.74, 6) is 1.70. The zero-order valence-electron chi connectivity index (χ0n) is 15.0. The Morgan fingerprint density at radius 1 is 1.12 bits per heavy atom. The lowest BCUT2D eigenvalue weighted by Gasteiger charge is -2.34. The molecule has 0 bridgehead atoms. The van der Waals surface area contributed by atoms with Crippen molar-refractivity contribution in [3.63, 3.8) is 0 Å². The molecule has 2 rings (SSSR count). The van der Waals surface area contributed by atoms with Crippen LogP contribution < -0.4 is 14.2 Å². The summed E-state index contributed by atoms with van der Waals surface area (Å²) < 4.78 is 21.5. The van der Waals surface area contributed by atoms with Crippen LogP contribution in [-0.4, -0.2) is 51.4 Å². The van der Waals surface area contributed by atoms with Gasteiger partial charge < -0.3 is 18.9 Å². The van der Waals surface area contributed by atoms with Gasteiger partial charge in [-0.1, -0.05) is 12.5 Å². The minimum absolute atomic E-state index is 0.142. The molecule has 0 saturated carbocycles. The molecule has 0 radical (unpaired) electrons. The van der Waals surface area contributed by atoms with E-state index in [0.717, 1.165) is 31.4 Å². The number of hydrogen-bond donors (Lipinski definition) is 0. The van der Waals surface area contributed by atoms with Gasteiger partial charge in [-0.15, -0.1) is 0 Å². The smallest absolute Gasteiger partial charge is 0.323 e. The number of benzene rings is 1. The van der Waals surface area contributed by atoms with Gasteiger partial charge in [-0.2, -0.15) is 0 Å². The molecule has 0 aliphatic carbocycles. The van der Waals surface area contributed by atoms with Crippen LogP contribution >= 0.6 is 0 Å². The molecule has 1 aliphatic heterocycles. The first kappa shape index (κ1) is 18.4. The van der Waals surface area contributed by atoms with Gasteiger partial charge in [0.05, 0.1) is 27.9 Å². The molecule has 1 aromatic carbocycles. The van der Waals surface area contributed by atoms with Crippen molar-refractivity contribution < 1.29 is 23.7 Å². The lowest BCUT2D eigenvalue weighted by Crippen LogP contribution is -2.45. The molecular weight excluding hydrogens is 310 g/mol. The molecule has 0 spiro atoms. The van der Waals surface area contributed by atoms with E-state index in [9.17, 15) is 4.79 Å². The fraction of sp³-hybridized carbons (Fsp3) is 0.611. The first-order valence-corrected chi connectivity index (χ1v) is 8.34. The SMILES string of the molecule is CCOC(=O)[C@H]1CCCCN1Cc1ccc(OC)c(OC)c1OC. The van der Waals surface area contributed by atoms with Gasteiger partial charge in [0.15, 0.2) is 11.5 Å². The molecule has 1 aromatic rings. The van der Waals surface area contributed by atoms with Gasteiger partial charge in [0, 0.05) is 12.1 Å². The van der Waals surface area contributed by atoms with Crippen molar-refractivity contribution in [2.45, 2.75) is 38.8 Å². The maximum Gasteiger partial charge on any atom is 0.323 e. The summed E-state index contributed by atoms with van der Waals surface area (Å²) in [6, 6.07) is 3.62. The molecule has 1 aliphatic rings. The number of esters is 1. The van der Waals surface area contributed by atoms with Crippen LogP contribution in [0.25, 0.3) is 0 Å². The topological polar surface area (TPSA) is 57.2 Å². The van der Waals surface area contributed by atoms with Crippen LogP contribution in [0.1, 0.15) is 31.7 Å². The zero-order valence-corrected chi connectivity index (χ0v) is 15.0. The van der Waals surface area contributed by atoms with Gasteiger partial charge in [0.25, 0.3) is 0 Å². The van der Waals surface area contributed by atoms with E-state index in [1.54, 1.807) is 21.3 Å². The third-order valence-electron chi connectivity index (χ3n) is 4.33. The molecule has 134 valence electrons. The molecular formula is C18H27NO5. The number of hydrogen-bond acceptors (Lipinski definition) is 6. The van der Waals surface area contributed by atoms with Crippen LogP contribution in [0.3, 0.4) is 0 Å². The molecule has 1 atom stereocenters. The number of methoxy groups -OCH3 is 3. The Kier molecular flexibility index (Phi) is 6.73. The summed E-state index contributed by atoms with van der Waals surface area (Å²) in [6.45, 7) is 3.71. The molecule has 1 saturated heterocycles. The van der Waals surface area contributed by atoms with Crippen molar-refractivity contribution in [3.05, 3.63) is 17.7 Å². The van der Waals surface area contributed by atoms with E-state index in [1.165, 1.54) is 0 Å². The molecule has 0 unspecified atom stereocenters. The highest BCUT2D eigenvalue weighted by Crippen LogP contribution is 2.40. The van der Waals surface area contributed by atoms with Crippen molar-refractivity contribution in [1.82, 2.24) is 4.90 Å². The van der Waals surface area contributed by atoms with Gasteiger partial charge in [0.2, 0.25) is 5.75 Å². The Labute approximate surface area is 143 Å². The summed E-state index contributed by atoms with van der Waals surface area (Å²) in [5, 5.41) is 0. The van der Waals surface area contributed by atoms with E-state index < -0.39 is 0 Å². The van der Waals surface area contributed by atoms with Crippen molar-refractivity contribution in [3.8, 4) is 17.2 Å². The minimum Gasteiger partial charge on any atom is -0.493 e. The highest BCUT2D eigenvalue weighted by Gasteiger charge is 2.31. The van der Waals surface area contributed by atoms with Gasteiger partial charge in [-0.3, -0.25) is 9.69 Å². The Hall–Kier alpha value is -1.95. The first-order chi connectivity index (χ1) is 11.7. The molecule has 1 fully saturated rings. The van der Waals surface area contributed by atoms with E-state index in [2.05, 4.69) is 4.90 Å². The predicted octanol–water partition coefficient (Wildman–Crippen LogP) is 2.63. The van der Waals surface area contributed by atoms with Gasteiger partial charge >= 0.3 is 5.97 Å². The van der Waals surface area contributed by atoms with E-state index in [4.69, 9.17) is 18.9 Å². The summed E-state index contributed by atoms with van der Waals surface area (Å²) in [4.78, 5) is 14.4. The van der Waals surface area contributed by atoms with Crippen LogP contribution in [0.2, 0.25) is 0 Å². The average Bonchev–Trinajstić information content (AvgIpc) is 2.61. The van der Waals surface area contributed by atoms with Crippen LogP contribution in [0.4, 0.5) is 0 Å². The molecule has 6 nitrogen and oxygen atoms in total. The second-order valence-corrected chi connectivity index (χ2v) is 5.73. The molecule has 1 heterocycles. The fourth-order valence-electron chi connectivity index (χ4n) is 3.19. The summed E-state index contributed by atoms with van der Waals surface area (Å²) in [5.41, 5.74) is 0.964. The van der Waals surface area contributed by atoms with E-state index in [0.29, 0.717) is 30.4 Å². The van der Waals surface area contributed by atoms with Crippen LogP contribution in [0, 0.1) is 0 Å². The maximum atomic E-state index is 12.2. The normalized spacial score (nSPS) is 18.1. The lowest BCUT2D eigenvalue weighted by atomic mass is 10.0. The monoisotopic (exact) mass is 337 g/mol. The molecule has 0 amide bonds. The Bertz CT molecular complexity index is 561. The number of piperidine rings is 1. The van der Waals surface area contributed by atoms with Crippen molar-refractivity contribution >= 4 is 5.97 Å². The number of rotatable bonds is 7. The molecule has 6 heteroatoms. The maximum absolute atomic E-state index is 12.2.